The van der Waals surface area contributed by atoms with Crippen LogP contribution in [0.1, 0.15) is 53.4 Å². The molecule has 0 heterocycles. The highest BCUT2D eigenvalue weighted by atomic mass is 79.9. The van der Waals surface area contributed by atoms with Gasteiger partial charge in [-0.3, -0.25) is 4.99 Å². The number of carboxylic acid groups (broad SMARTS) is 1. The van der Waals surface area contributed by atoms with E-state index in [2.05, 4.69) is 39.7 Å². The average Bonchev–Trinajstić information content (AvgIpc) is 2.44. The van der Waals surface area contributed by atoms with Crippen LogP contribution in [0.25, 0.3) is 0 Å². The summed E-state index contributed by atoms with van der Waals surface area (Å²) in [5.41, 5.74) is 0.532. The van der Waals surface area contributed by atoms with Gasteiger partial charge < -0.3 is 10.4 Å². The van der Waals surface area contributed by atoms with E-state index < -0.39 is 12.0 Å². The third-order valence-corrected chi connectivity index (χ3v) is 2.91. The first-order chi connectivity index (χ1) is 9.52. The number of aliphatic imine (C=N–C) groups is 1. The van der Waals surface area contributed by atoms with Crippen LogP contribution >= 0.6 is 15.9 Å². The summed E-state index contributed by atoms with van der Waals surface area (Å²) in [7, 11) is 0. The second-order valence-corrected chi connectivity index (χ2v) is 4.75. The first kappa shape index (κ1) is 21.2. The molecule has 0 aliphatic heterocycles. The van der Waals surface area contributed by atoms with Crippen LogP contribution in [-0.4, -0.2) is 23.3 Å². The van der Waals surface area contributed by atoms with Crippen molar-refractivity contribution in [3.05, 3.63) is 23.0 Å². The Bertz CT molecular complexity index is 339. The predicted octanol–water partition coefficient (Wildman–Crippen LogP) is 4.48. The highest BCUT2D eigenvalue weighted by Crippen LogP contribution is 2.14. The van der Waals surface area contributed by atoms with Crippen LogP contribution in [-0.2, 0) is 4.79 Å². The fraction of sp³-hybridized carbons (Fsp3) is 0.600. The summed E-state index contributed by atoms with van der Waals surface area (Å²) in [6, 6.07) is -0.608. The van der Waals surface area contributed by atoms with E-state index in [9.17, 15) is 4.79 Å². The van der Waals surface area contributed by atoms with Crippen LogP contribution in [0.3, 0.4) is 0 Å². The number of carbonyl (C=O) groups is 1. The second kappa shape index (κ2) is 14.3. The van der Waals surface area contributed by atoms with Gasteiger partial charge in [-0.05, 0) is 28.8 Å². The molecule has 0 bridgehead atoms. The van der Waals surface area contributed by atoms with Gasteiger partial charge in [-0.25, -0.2) is 4.79 Å². The Morgan fingerprint density at radius 2 is 2.00 bits per heavy atom. The zero-order valence-electron chi connectivity index (χ0n) is 12.9. The number of rotatable bonds is 9. The number of aliphatic carboxylic acids is 1. The molecule has 0 saturated carbocycles. The van der Waals surface area contributed by atoms with E-state index in [1.165, 1.54) is 0 Å². The summed E-state index contributed by atoms with van der Waals surface area (Å²) < 4.78 is 0.664. The topological polar surface area (TPSA) is 61.7 Å². The Kier molecular flexibility index (Phi) is 15.2. The van der Waals surface area contributed by atoms with E-state index in [1.807, 2.05) is 27.0 Å². The van der Waals surface area contributed by atoms with Crippen LogP contribution < -0.4 is 5.32 Å². The lowest BCUT2D eigenvalue weighted by atomic mass is 10.1. The van der Waals surface area contributed by atoms with E-state index in [-0.39, 0.29) is 0 Å². The van der Waals surface area contributed by atoms with Crippen molar-refractivity contribution in [1.29, 1.82) is 0 Å². The number of carboxylic acids is 1. The van der Waals surface area contributed by atoms with Gasteiger partial charge in [-0.1, -0.05) is 47.1 Å². The van der Waals surface area contributed by atoms with Crippen molar-refractivity contribution in [2.75, 3.05) is 0 Å². The molecule has 0 saturated heterocycles. The molecule has 116 valence electrons. The zero-order chi connectivity index (χ0) is 16.0. The molecule has 0 aromatic carbocycles. The lowest BCUT2D eigenvalue weighted by molar-refractivity contribution is -0.139. The fourth-order valence-corrected chi connectivity index (χ4v) is 1.46. The molecule has 1 atom stereocenters. The van der Waals surface area contributed by atoms with Crippen LogP contribution in [0.15, 0.2) is 28.0 Å². The van der Waals surface area contributed by atoms with Crippen LogP contribution in [0.5, 0.6) is 0 Å². The number of unbranched alkanes of at least 4 members (excludes halogenated alkanes) is 1. The van der Waals surface area contributed by atoms with Crippen LogP contribution in [0.2, 0.25) is 0 Å². The number of allylic oxidation sites excluding steroid dienone is 1. The molecule has 5 heteroatoms. The lowest BCUT2D eigenvalue weighted by Gasteiger charge is -2.16. The molecular weight excluding hydrogens is 320 g/mol. The quantitative estimate of drug-likeness (QED) is 0.478. The molecule has 20 heavy (non-hydrogen) atoms. The molecular formula is C15H27BrN2O2. The van der Waals surface area contributed by atoms with Crippen molar-refractivity contribution in [3.63, 3.8) is 0 Å². The normalized spacial score (nSPS) is 12.6. The highest BCUT2D eigenvalue weighted by Gasteiger charge is 2.16. The van der Waals surface area contributed by atoms with Gasteiger partial charge in [0.2, 0.25) is 0 Å². The summed E-state index contributed by atoms with van der Waals surface area (Å²) in [4.78, 5) is 15.1. The number of hydrogen-bond donors (Lipinski definition) is 2. The van der Waals surface area contributed by atoms with Gasteiger partial charge in [0.25, 0.3) is 0 Å². The van der Waals surface area contributed by atoms with Gasteiger partial charge in [0.1, 0.15) is 6.04 Å². The molecule has 0 aliphatic carbocycles. The first-order valence-electron chi connectivity index (χ1n) is 7.08. The third kappa shape index (κ3) is 10.8. The van der Waals surface area contributed by atoms with Gasteiger partial charge in [-0.2, -0.15) is 0 Å². The van der Waals surface area contributed by atoms with Crippen LogP contribution in [0, 0.1) is 0 Å². The minimum atomic E-state index is -0.868. The maximum atomic E-state index is 11.0. The molecule has 1 unspecified atom stereocenters. The zero-order valence-corrected chi connectivity index (χ0v) is 14.5. The Hall–Kier alpha value is -1.10. The Labute approximate surface area is 131 Å². The van der Waals surface area contributed by atoms with E-state index in [0.717, 1.165) is 19.3 Å². The molecule has 4 nitrogen and oxygen atoms in total. The summed E-state index contributed by atoms with van der Waals surface area (Å²) in [5.74, 6) is -0.868. The van der Waals surface area contributed by atoms with Crippen molar-refractivity contribution in [1.82, 2.24) is 5.32 Å². The van der Waals surface area contributed by atoms with E-state index in [1.54, 1.807) is 6.20 Å². The molecule has 0 aromatic rings. The molecule has 0 rings (SSSR count). The first-order valence-corrected chi connectivity index (χ1v) is 7.88. The second-order valence-electron chi connectivity index (χ2n) is 3.90. The monoisotopic (exact) mass is 346 g/mol. The average molecular weight is 347 g/mol. The van der Waals surface area contributed by atoms with Crippen molar-refractivity contribution in [3.8, 4) is 0 Å². The molecule has 0 aromatic heterocycles. The smallest absolute Gasteiger partial charge is 0.326 e. The maximum Gasteiger partial charge on any atom is 0.326 e. The molecule has 0 fully saturated rings. The van der Waals surface area contributed by atoms with Gasteiger partial charge in [-0.15, -0.1) is 0 Å². The minimum Gasteiger partial charge on any atom is -0.480 e. The Morgan fingerprint density at radius 1 is 1.40 bits per heavy atom. The molecule has 0 spiro atoms. The van der Waals surface area contributed by atoms with Gasteiger partial charge in [0.05, 0.1) is 4.48 Å². The van der Waals surface area contributed by atoms with Crippen LogP contribution in [0.4, 0.5) is 0 Å². The number of halogens is 1. The van der Waals surface area contributed by atoms with E-state index >= 15 is 0 Å². The summed E-state index contributed by atoms with van der Waals surface area (Å²) in [6.07, 6.45) is 6.77. The minimum absolute atomic E-state index is 0.532. The predicted molar refractivity (Wildman–Crippen MR) is 90.4 cm³/mol. The number of nitrogens with zero attached hydrogens (tertiary/aromatic N) is 1. The van der Waals surface area contributed by atoms with Crippen molar-refractivity contribution in [2.45, 2.75) is 59.4 Å². The SMILES string of the molecule is C=C(NC(CCC)C(=O)O)/C(Br)=C\N=CCCC.CC. The summed E-state index contributed by atoms with van der Waals surface area (Å²) in [6.45, 7) is 11.8. The van der Waals surface area contributed by atoms with Gasteiger partial charge >= 0.3 is 5.97 Å². The molecule has 2 N–H and O–H groups in total. The maximum absolute atomic E-state index is 11.0. The number of nitrogens with one attached hydrogen (secondary N) is 1. The molecule has 0 amide bonds. The number of hydrogen-bond acceptors (Lipinski definition) is 3. The largest absolute Gasteiger partial charge is 0.480 e. The lowest BCUT2D eigenvalue weighted by Crippen LogP contribution is -2.35. The summed E-state index contributed by atoms with van der Waals surface area (Å²) in [5, 5.41) is 11.9. The standard InChI is InChI=1S/C13H21BrN2O2.C2H6/c1-4-6-8-15-9-11(14)10(3)16-12(7-5-2)13(17)18;1-2/h8-9,12,16H,3-7H2,1-2H3,(H,17,18);1-2H3/b11-9+,15-8?;. The van der Waals surface area contributed by atoms with Crippen molar-refractivity contribution in [2.24, 2.45) is 4.99 Å². The van der Waals surface area contributed by atoms with E-state index in [4.69, 9.17) is 5.11 Å². The van der Waals surface area contributed by atoms with Crippen molar-refractivity contribution < 1.29 is 9.90 Å². The summed E-state index contributed by atoms with van der Waals surface area (Å²) >= 11 is 3.32. The highest BCUT2D eigenvalue weighted by molar-refractivity contribution is 9.11. The van der Waals surface area contributed by atoms with Crippen molar-refractivity contribution >= 4 is 28.1 Å². The Morgan fingerprint density at radius 3 is 2.45 bits per heavy atom. The van der Waals surface area contributed by atoms with E-state index in [0.29, 0.717) is 16.6 Å². The fourth-order valence-electron chi connectivity index (χ4n) is 1.23. The third-order valence-electron chi connectivity index (χ3n) is 2.22. The molecule has 0 radical (unpaired) electrons. The Balaban J connectivity index is 0. The van der Waals surface area contributed by atoms with Gasteiger partial charge in [0.15, 0.2) is 0 Å². The van der Waals surface area contributed by atoms with Gasteiger partial charge in [0, 0.05) is 18.1 Å². The molecule has 0 aliphatic rings.